The van der Waals surface area contributed by atoms with Crippen molar-refractivity contribution in [1.82, 2.24) is 15.6 Å². The first-order valence-corrected chi connectivity index (χ1v) is 11.2. The second-order valence-corrected chi connectivity index (χ2v) is 8.74. The van der Waals surface area contributed by atoms with Gasteiger partial charge in [0.15, 0.2) is 5.96 Å². The Kier molecular flexibility index (Phi) is 12.9. The summed E-state index contributed by atoms with van der Waals surface area (Å²) in [5, 5.41) is 9.01. The van der Waals surface area contributed by atoms with Crippen molar-refractivity contribution in [2.24, 2.45) is 10.4 Å². The second kappa shape index (κ2) is 14.0. The molecule has 1 aliphatic rings. The van der Waals surface area contributed by atoms with Crippen molar-refractivity contribution in [3.05, 3.63) is 11.6 Å². The van der Waals surface area contributed by atoms with E-state index < -0.39 is 0 Å². The fourth-order valence-electron chi connectivity index (χ4n) is 3.29. The van der Waals surface area contributed by atoms with E-state index in [9.17, 15) is 0 Å². The average Bonchev–Trinajstić information content (AvgIpc) is 3.30. The van der Waals surface area contributed by atoms with Gasteiger partial charge in [-0.2, -0.15) is 0 Å². The zero-order chi connectivity index (χ0) is 17.8. The SMILES string of the molecule is CCOCCC1(CNC(=NC)NCCCSc2nccs2)CCCC1.I. The third-order valence-electron chi connectivity index (χ3n) is 4.75. The molecule has 5 nitrogen and oxygen atoms in total. The lowest BCUT2D eigenvalue weighted by Gasteiger charge is -2.30. The number of ether oxygens (including phenoxy) is 1. The maximum absolute atomic E-state index is 5.60. The summed E-state index contributed by atoms with van der Waals surface area (Å²) >= 11 is 3.53. The van der Waals surface area contributed by atoms with Crippen LogP contribution in [0.1, 0.15) is 45.4 Å². The monoisotopic (exact) mass is 512 g/mol. The Morgan fingerprint density at radius 2 is 2.19 bits per heavy atom. The van der Waals surface area contributed by atoms with Gasteiger partial charge in [0.05, 0.1) is 0 Å². The highest BCUT2D eigenvalue weighted by Crippen LogP contribution is 2.40. The smallest absolute Gasteiger partial charge is 0.190 e. The molecule has 0 atom stereocenters. The summed E-state index contributed by atoms with van der Waals surface area (Å²) in [5.74, 6) is 2.00. The standard InChI is InChI=1S/C18H32N4OS2.HI/c1-3-23-12-9-18(7-4-5-8-18)15-22-16(19-2)20-10-6-13-24-17-21-11-14-25-17;/h11,14H,3-10,12-13,15H2,1-2H3,(H2,19,20,22);1H. The number of halogens is 1. The van der Waals surface area contributed by atoms with E-state index in [1.54, 1.807) is 11.3 Å². The van der Waals surface area contributed by atoms with Crippen LogP contribution in [-0.4, -0.2) is 50.0 Å². The maximum Gasteiger partial charge on any atom is 0.190 e. The number of thioether (sulfide) groups is 1. The largest absolute Gasteiger partial charge is 0.382 e. The third-order valence-corrected chi connectivity index (χ3v) is 6.80. The molecule has 2 N–H and O–H groups in total. The summed E-state index contributed by atoms with van der Waals surface area (Å²) < 4.78 is 6.75. The molecule has 1 aromatic heterocycles. The Morgan fingerprint density at radius 1 is 1.38 bits per heavy atom. The Morgan fingerprint density at radius 3 is 2.85 bits per heavy atom. The minimum Gasteiger partial charge on any atom is -0.382 e. The van der Waals surface area contributed by atoms with Crippen LogP contribution in [0.5, 0.6) is 0 Å². The molecule has 0 aliphatic heterocycles. The molecule has 0 unspecified atom stereocenters. The molecule has 1 heterocycles. The van der Waals surface area contributed by atoms with Crippen LogP contribution in [0, 0.1) is 5.41 Å². The van der Waals surface area contributed by atoms with Crippen molar-refractivity contribution in [3.63, 3.8) is 0 Å². The quantitative estimate of drug-likeness (QED) is 0.151. The van der Waals surface area contributed by atoms with E-state index in [1.807, 2.05) is 30.4 Å². The molecule has 0 amide bonds. The van der Waals surface area contributed by atoms with Crippen molar-refractivity contribution in [3.8, 4) is 0 Å². The van der Waals surface area contributed by atoms with Crippen LogP contribution >= 0.6 is 47.1 Å². The molecule has 1 saturated carbocycles. The number of guanidine groups is 1. The van der Waals surface area contributed by atoms with Crippen LogP contribution in [-0.2, 0) is 4.74 Å². The van der Waals surface area contributed by atoms with E-state index in [0.29, 0.717) is 5.41 Å². The Hall–Kier alpha value is -0.0600. The summed E-state index contributed by atoms with van der Waals surface area (Å²) in [6, 6.07) is 0. The van der Waals surface area contributed by atoms with Crippen LogP contribution in [0.15, 0.2) is 20.9 Å². The van der Waals surface area contributed by atoms with Crippen molar-refractivity contribution in [2.45, 2.75) is 49.8 Å². The number of nitrogens with zero attached hydrogens (tertiary/aromatic N) is 2. The van der Waals surface area contributed by atoms with Crippen molar-refractivity contribution in [1.29, 1.82) is 0 Å². The van der Waals surface area contributed by atoms with E-state index in [4.69, 9.17) is 4.74 Å². The molecular formula is C18H33IN4OS2. The number of aromatic nitrogens is 1. The van der Waals surface area contributed by atoms with Crippen molar-refractivity contribution >= 4 is 53.0 Å². The summed E-state index contributed by atoms with van der Waals surface area (Å²) in [7, 11) is 1.85. The summed E-state index contributed by atoms with van der Waals surface area (Å²) in [4.78, 5) is 8.66. The van der Waals surface area contributed by atoms with E-state index in [-0.39, 0.29) is 24.0 Å². The van der Waals surface area contributed by atoms with Crippen molar-refractivity contribution < 1.29 is 4.74 Å². The highest BCUT2D eigenvalue weighted by molar-refractivity contribution is 14.0. The number of hydrogen-bond donors (Lipinski definition) is 2. The zero-order valence-electron chi connectivity index (χ0n) is 16.0. The number of rotatable bonds is 11. The van der Waals surface area contributed by atoms with Crippen LogP contribution < -0.4 is 10.6 Å². The molecule has 26 heavy (non-hydrogen) atoms. The van der Waals surface area contributed by atoms with Gasteiger partial charge in [0.2, 0.25) is 0 Å². The lowest BCUT2D eigenvalue weighted by Crippen LogP contribution is -2.43. The Balaban J connectivity index is 0.00000338. The van der Waals surface area contributed by atoms with Gasteiger partial charge in [-0.25, -0.2) is 4.98 Å². The summed E-state index contributed by atoms with van der Waals surface area (Å²) in [5.41, 5.74) is 0.382. The zero-order valence-corrected chi connectivity index (χ0v) is 19.9. The fraction of sp³-hybridized carbons (Fsp3) is 0.778. The molecule has 0 saturated heterocycles. The van der Waals surface area contributed by atoms with E-state index >= 15 is 0 Å². The first-order valence-electron chi connectivity index (χ1n) is 9.32. The number of nitrogens with one attached hydrogen (secondary N) is 2. The lowest BCUT2D eigenvalue weighted by atomic mass is 9.83. The number of thiazole rings is 1. The molecule has 2 rings (SSSR count). The molecule has 1 fully saturated rings. The van der Waals surface area contributed by atoms with Gasteiger partial charge >= 0.3 is 0 Å². The minimum absolute atomic E-state index is 0. The molecule has 1 aromatic rings. The Labute approximate surface area is 183 Å². The third kappa shape index (κ3) is 8.75. The Bertz CT molecular complexity index is 493. The second-order valence-electron chi connectivity index (χ2n) is 6.51. The highest BCUT2D eigenvalue weighted by Gasteiger charge is 2.33. The summed E-state index contributed by atoms with van der Waals surface area (Å²) in [6.45, 7) is 5.68. The fourth-order valence-corrected chi connectivity index (χ4v) is 4.93. The van der Waals surface area contributed by atoms with E-state index in [1.165, 1.54) is 25.7 Å². The first-order chi connectivity index (χ1) is 12.3. The van der Waals surface area contributed by atoms with Gasteiger partial charge in [-0.05, 0) is 38.0 Å². The lowest BCUT2D eigenvalue weighted by molar-refractivity contribution is 0.105. The van der Waals surface area contributed by atoms with Crippen molar-refractivity contribution in [2.75, 3.05) is 39.1 Å². The summed E-state index contributed by atoms with van der Waals surface area (Å²) in [6.07, 6.45) is 9.39. The number of hydrogen-bond acceptors (Lipinski definition) is 5. The van der Waals surface area contributed by atoms with Gasteiger partial charge in [-0.3, -0.25) is 4.99 Å². The normalized spacial score (nSPS) is 16.3. The molecule has 0 bridgehead atoms. The predicted molar refractivity (Wildman–Crippen MR) is 124 cm³/mol. The van der Waals surface area contributed by atoms with Gasteiger partial charge in [-0.15, -0.1) is 35.3 Å². The highest BCUT2D eigenvalue weighted by atomic mass is 127. The predicted octanol–water partition coefficient (Wildman–Crippen LogP) is 4.40. The van der Waals surface area contributed by atoms with Crippen LogP contribution in [0.2, 0.25) is 0 Å². The van der Waals surface area contributed by atoms with Gasteiger partial charge in [0.1, 0.15) is 4.34 Å². The van der Waals surface area contributed by atoms with Gasteiger partial charge in [0.25, 0.3) is 0 Å². The molecule has 8 heteroatoms. The topological polar surface area (TPSA) is 58.5 Å². The average molecular weight is 513 g/mol. The molecular weight excluding hydrogens is 479 g/mol. The van der Waals surface area contributed by atoms with Gasteiger partial charge < -0.3 is 15.4 Å². The van der Waals surface area contributed by atoms with Crippen LogP contribution in [0.25, 0.3) is 0 Å². The first kappa shape index (κ1) is 24.0. The number of aliphatic imine (C=N–C) groups is 1. The minimum atomic E-state index is 0. The molecule has 0 radical (unpaired) electrons. The molecule has 150 valence electrons. The van der Waals surface area contributed by atoms with E-state index in [2.05, 4.69) is 27.5 Å². The molecule has 0 spiro atoms. The molecule has 0 aromatic carbocycles. The van der Waals surface area contributed by atoms with Gasteiger partial charge in [-0.1, -0.05) is 24.6 Å². The van der Waals surface area contributed by atoms with E-state index in [0.717, 1.165) is 55.2 Å². The van der Waals surface area contributed by atoms with Gasteiger partial charge in [0, 0.05) is 50.7 Å². The molecule has 1 aliphatic carbocycles. The van der Waals surface area contributed by atoms with Crippen LogP contribution in [0.3, 0.4) is 0 Å². The maximum atomic E-state index is 5.60. The van der Waals surface area contributed by atoms with Crippen LogP contribution in [0.4, 0.5) is 0 Å².